The molecule has 100 valence electrons. The highest BCUT2D eigenvalue weighted by Crippen LogP contribution is 2.34. The number of fused-ring (bicyclic) bond motifs is 2. The first-order valence-electron chi connectivity index (χ1n) is 7.68. The zero-order valence-electron chi connectivity index (χ0n) is 11.9. The maximum absolute atomic E-state index is 3.87. The molecule has 0 aromatic rings. The molecule has 17 heavy (non-hydrogen) atoms. The summed E-state index contributed by atoms with van der Waals surface area (Å²) < 4.78 is 0. The van der Waals surface area contributed by atoms with Crippen molar-refractivity contribution >= 4 is 0 Å². The number of hydrogen-bond donors (Lipinski definition) is 1. The van der Waals surface area contributed by atoms with Gasteiger partial charge in [0.2, 0.25) is 0 Å². The summed E-state index contributed by atoms with van der Waals surface area (Å²) >= 11 is 0. The number of nitrogens with one attached hydrogen (secondary N) is 1. The van der Waals surface area contributed by atoms with Crippen LogP contribution in [0.4, 0.5) is 0 Å². The third-order valence-corrected chi connectivity index (χ3v) is 4.86. The Kier molecular flexibility index (Phi) is 4.87. The van der Waals surface area contributed by atoms with Gasteiger partial charge in [0.05, 0.1) is 0 Å². The van der Waals surface area contributed by atoms with E-state index in [1.54, 1.807) is 0 Å². The van der Waals surface area contributed by atoms with E-state index in [4.69, 9.17) is 0 Å². The van der Waals surface area contributed by atoms with Crippen molar-refractivity contribution in [3.05, 3.63) is 0 Å². The molecule has 3 unspecified atom stereocenters. The van der Waals surface area contributed by atoms with Crippen LogP contribution in [0, 0.1) is 0 Å². The molecule has 0 amide bonds. The van der Waals surface area contributed by atoms with Gasteiger partial charge in [0.1, 0.15) is 0 Å². The zero-order valence-corrected chi connectivity index (χ0v) is 11.9. The molecule has 0 radical (unpaired) electrons. The Hall–Kier alpha value is -0.0800. The molecule has 2 saturated heterocycles. The van der Waals surface area contributed by atoms with Gasteiger partial charge in [-0.15, -0.1) is 0 Å². The van der Waals surface area contributed by atoms with Crippen molar-refractivity contribution in [2.75, 3.05) is 7.05 Å². The lowest BCUT2D eigenvalue weighted by Gasteiger charge is -2.38. The Bertz CT molecular complexity index is 215. The summed E-state index contributed by atoms with van der Waals surface area (Å²) in [5.74, 6) is 0. The standard InChI is InChI=1S/C15H30N2/c1-4-5-6-7-12(2)16-13-10-14-8-9-15(11-13)17(14)3/h12-16H,4-11H2,1-3H3. The Morgan fingerprint density at radius 1 is 1.18 bits per heavy atom. The first kappa shape index (κ1) is 13.4. The molecule has 2 rings (SSSR count). The topological polar surface area (TPSA) is 15.3 Å². The van der Waals surface area contributed by atoms with Gasteiger partial charge in [0.25, 0.3) is 0 Å². The van der Waals surface area contributed by atoms with Gasteiger partial charge in [-0.2, -0.15) is 0 Å². The Labute approximate surface area is 107 Å². The van der Waals surface area contributed by atoms with Crippen molar-refractivity contribution in [1.29, 1.82) is 0 Å². The highest BCUT2D eigenvalue weighted by molar-refractivity contribution is 4.96. The van der Waals surface area contributed by atoms with Crippen molar-refractivity contribution in [2.24, 2.45) is 0 Å². The van der Waals surface area contributed by atoms with E-state index < -0.39 is 0 Å². The first-order chi connectivity index (χ1) is 8.20. The van der Waals surface area contributed by atoms with Crippen LogP contribution in [0.1, 0.15) is 65.2 Å². The summed E-state index contributed by atoms with van der Waals surface area (Å²) in [5, 5.41) is 3.87. The van der Waals surface area contributed by atoms with Crippen molar-refractivity contribution in [3.8, 4) is 0 Å². The van der Waals surface area contributed by atoms with Gasteiger partial charge in [0, 0.05) is 24.2 Å². The number of hydrogen-bond acceptors (Lipinski definition) is 2. The largest absolute Gasteiger partial charge is 0.311 e. The normalized spacial score (nSPS) is 35.1. The molecule has 2 aliphatic rings. The van der Waals surface area contributed by atoms with Crippen molar-refractivity contribution in [2.45, 2.75) is 89.4 Å². The number of nitrogens with zero attached hydrogens (tertiary/aromatic N) is 1. The highest BCUT2D eigenvalue weighted by Gasteiger charge is 2.38. The lowest BCUT2D eigenvalue weighted by molar-refractivity contribution is 0.143. The maximum atomic E-state index is 3.87. The molecule has 0 saturated carbocycles. The summed E-state index contributed by atoms with van der Waals surface area (Å²) in [7, 11) is 2.32. The average Bonchev–Trinajstić information content (AvgIpc) is 2.53. The molecule has 2 heteroatoms. The van der Waals surface area contributed by atoms with E-state index >= 15 is 0 Å². The van der Waals surface area contributed by atoms with Crippen molar-refractivity contribution < 1.29 is 0 Å². The number of piperidine rings is 1. The molecule has 0 aromatic heterocycles. The predicted molar refractivity (Wildman–Crippen MR) is 74.3 cm³/mol. The lowest BCUT2D eigenvalue weighted by Crippen LogP contribution is -2.49. The Morgan fingerprint density at radius 3 is 2.41 bits per heavy atom. The third-order valence-electron chi connectivity index (χ3n) is 4.86. The summed E-state index contributed by atoms with van der Waals surface area (Å²) in [4.78, 5) is 2.62. The fraction of sp³-hybridized carbons (Fsp3) is 1.00. The maximum Gasteiger partial charge on any atom is 0.0111 e. The molecule has 0 aromatic carbocycles. The van der Waals surface area contributed by atoms with Crippen LogP contribution < -0.4 is 5.32 Å². The molecule has 2 aliphatic heterocycles. The smallest absolute Gasteiger partial charge is 0.0111 e. The van der Waals surface area contributed by atoms with E-state index in [1.165, 1.54) is 51.4 Å². The number of rotatable bonds is 6. The van der Waals surface area contributed by atoms with E-state index in [1.807, 2.05) is 0 Å². The van der Waals surface area contributed by atoms with Gasteiger partial charge in [0.15, 0.2) is 0 Å². The Balaban J connectivity index is 1.70. The molecular weight excluding hydrogens is 208 g/mol. The van der Waals surface area contributed by atoms with Crippen LogP contribution in [0.25, 0.3) is 0 Å². The van der Waals surface area contributed by atoms with Crippen LogP contribution in [-0.2, 0) is 0 Å². The second-order valence-corrected chi connectivity index (χ2v) is 6.28. The fourth-order valence-corrected chi connectivity index (χ4v) is 3.73. The van der Waals surface area contributed by atoms with Crippen LogP contribution in [-0.4, -0.2) is 36.1 Å². The molecule has 0 spiro atoms. The highest BCUT2D eigenvalue weighted by atomic mass is 15.2. The average molecular weight is 238 g/mol. The number of unbranched alkanes of at least 4 members (excludes halogenated alkanes) is 2. The quantitative estimate of drug-likeness (QED) is 0.715. The summed E-state index contributed by atoms with van der Waals surface area (Å²) in [5.41, 5.74) is 0. The van der Waals surface area contributed by atoms with E-state index in [2.05, 4.69) is 31.1 Å². The van der Waals surface area contributed by atoms with Crippen LogP contribution in [0.2, 0.25) is 0 Å². The summed E-state index contributed by atoms with van der Waals surface area (Å²) in [6.45, 7) is 4.66. The van der Waals surface area contributed by atoms with Crippen LogP contribution in [0.15, 0.2) is 0 Å². The SMILES string of the molecule is CCCCCC(C)NC1CC2CCC(C1)N2C. The van der Waals surface area contributed by atoms with Gasteiger partial charge in [-0.05, 0) is 46.1 Å². The summed E-state index contributed by atoms with van der Waals surface area (Å²) in [6, 6.07) is 3.25. The van der Waals surface area contributed by atoms with Gasteiger partial charge < -0.3 is 10.2 Å². The monoisotopic (exact) mass is 238 g/mol. The molecular formula is C15H30N2. The molecule has 1 N–H and O–H groups in total. The second-order valence-electron chi connectivity index (χ2n) is 6.28. The van der Waals surface area contributed by atoms with Crippen molar-refractivity contribution in [1.82, 2.24) is 10.2 Å². The Morgan fingerprint density at radius 2 is 1.82 bits per heavy atom. The second kappa shape index (κ2) is 6.19. The summed E-state index contributed by atoms with van der Waals surface area (Å²) in [6.07, 6.45) is 11.1. The van der Waals surface area contributed by atoms with E-state index in [0.29, 0.717) is 6.04 Å². The van der Waals surface area contributed by atoms with Crippen LogP contribution >= 0.6 is 0 Å². The van der Waals surface area contributed by atoms with Crippen LogP contribution in [0.3, 0.4) is 0 Å². The first-order valence-corrected chi connectivity index (χ1v) is 7.68. The zero-order chi connectivity index (χ0) is 12.3. The molecule has 0 aliphatic carbocycles. The van der Waals surface area contributed by atoms with E-state index in [9.17, 15) is 0 Å². The molecule has 3 atom stereocenters. The molecule has 2 heterocycles. The fourth-order valence-electron chi connectivity index (χ4n) is 3.73. The van der Waals surface area contributed by atoms with E-state index in [-0.39, 0.29) is 0 Å². The minimum atomic E-state index is 0.717. The van der Waals surface area contributed by atoms with Crippen LogP contribution in [0.5, 0.6) is 0 Å². The molecule has 2 fully saturated rings. The molecule has 2 nitrogen and oxygen atoms in total. The van der Waals surface area contributed by atoms with Crippen molar-refractivity contribution in [3.63, 3.8) is 0 Å². The lowest BCUT2D eigenvalue weighted by atomic mass is 9.96. The molecule has 2 bridgehead atoms. The van der Waals surface area contributed by atoms with Gasteiger partial charge in [-0.1, -0.05) is 26.2 Å². The van der Waals surface area contributed by atoms with E-state index in [0.717, 1.165) is 18.1 Å². The van der Waals surface area contributed by atoms with Gasteiger partial charge in [-0.25, -0.2) is 0 Å². The minimum Gasteiger partial charge on any atom is -0.311 e. The minimum absolute atomic E-state index is 0.717. The predicted octanol–water partition coefficient (Wildman–Crippen LogP) is 3.17. The third kappa shape index (κ3) is 3.45. The van der Waals surface area contributed by atoms with Gasteiger partial charge in [-0.3, -0.25) is 0 Å². The van der Waals surface area contributed by atoms with Gasteiger partial charge >= 0.3 is 0 Å².